The number of halogens is 3. The summed E-state index contributed by atoms with van der Waals surface area (Å²) in [6.07, 6.45) is 0.243. The van der Waals surface area contributed by atoms with Crippen molar-refractivity contribution in [3.63, 3.8) is 0 Å². The van der Waals surface area contributed by atoms with Gasteiger partial charge in [-0.2, -0.15) is 12.7 Å². The summed E-state index contributed by atoms with van der Waals surface area (Å²) in [7, 11) is -1.51. The highest BCUT2D eigenvalue weighted by molar-refractivity contribution is 7.90. The summed E-state index contributed by atoms with van der Waals surface area (Å²) in [6.45, 7) is 6.41. The Hall–Kier alpha value is -2.40. The third-order valence-corrected chi connectivity index (χ3v) is 7.94. The first kappa shape index (κ1) is 30.8. The molecule has 0 aliphatic rings. The lowest BCUT2D eigenvalue weighted by molar-refractivity contribution is -0.141. The van der Waals surface area contributed by atoms with Crippen molar-refractivity contribution in [3.8, 4) is 0 Å². The predicted octanol–water partition coefficient (Wildman–Crippen LogP) is 4.47. The van der Waals surface area contributed by atoms with Gasteiger partial charge in [-0.1, -0.05) is 36.2 Å². The molecule has 0 fully saturated rings. The van der Waals surface area contributed by atoms with Gasteiger partial charge in [0.15, 0.2) is 0 Å². The van der Waals surface area contributed by atoms with E-state index in [0.717, 1.165) is 20.7 Å². The van der Waals surface area contributed by atoms with Crippen molar-refractivity contribution in [2.45, 2.75) is 52.2 Å². The average Bonchev–Trinajstić information content (AvgIpc) is 2.78. The van der Waals surface area contributed by atoms with E-state index < -0.39 is 46.0 Å². The van der Waals surface area contributed by atoms with Gasteiger partial charge < -0.3 is 10.2 Å². The van der Waals surface area contributed by atoms with Crippen LogP contribution in [0.15, 0.2) is 42.5 Å². The molecule has 1 atom stereocenters. The minimum absolute atomic E-state index is 0.0892. The topological polar surface area (TPSA) is 90.0 Å². The van der Waals surface area contributed by atoms with Crippen LogP contribution in [0, 0.1) is 5.82 Å². The lowest BCUT2D eigenvalue weighted by atomic mass is 10.1. The van der Waals surface area contributed by atoms with E-state index in [0.29, 0.717) is 15.6 Å². The number of benzene rings is 2. The molecule has 0 aliphatic heterocycles. The first-order valence-corrected chi connectivity index (χ1v) is 13.7. The number of hydrogen-bond acceptors (Lipinski definition) is 4. The quantitative estimate of drug-likeness (QED) is 0.453. The number of amides is 2. The Kier molecular flexibility index (Phi) is 10.4. The summed E-state index contributed by atoms with van der Waals surface area (Å²) in [5.74, 6) is -1.63. The fraction of sp³-hybridized carbons (Fsp3) is 0.440. The van der Waals surface area contributed by atoms with Gasteiger partial charge in [0.05, 0.1) is 5.69 Å². The van der Waals surface area contributed by atoms with Crippen LogP contribution in [-0.4, -0.2) is 61.7 Å². The van der Waals surface area contributed by atoms with Crippen LogP contribution in [0.3, 0.4) is 0 Å². The van der Waals surface area contributed by atoms with E-state index in [4.69, 9.17) is 23.2 Å². The number of anilines is 1. The molecule has 8 nitrogen and oxygen atoms in total. The zero-order valence-electron chi connectivity index (χ0n) is 21.8. The Balaban J connectivity index is 2.58. The molecule has 37 heavy (non-hydrogen) atoms. The van der Waals surface area contributed by atoms with Gasteiger partial charge in [0, 0.05) is 41.8 Å². The summed E-state index contributed by atoms with van der Waals surface area (Å²) < 4.78 is 41.7. The van der Waals surface area contributed by atoms with Crippen LogP contribution in [0.1, 0.15) is 39.7 Å². The molecule has 204 valence electrons. The first-order chi connectivity index (χ1) is 17.1. The molecule has 0 heterocycles. The normalized spacial score (nSPS) is 12.8. The summed E-state index contributed by atoms with van der Waals surface area (Å²) in [5.41, 5.74) is -0.0632. The largest absolute Gasteiger partial charge is 0.350 e. The molecule has 0 unspecified atom stereocenters. The van der Waals surface area contributed by atoms with Crippen molar-refractivity contribution in [1.29, 1.82) is 0 Å². The lowest BCUT2D eigenvalue weighted by Crippen LogP contribution is -2.55. The Bertz CT molecular complexity index is 1200. The van der Waals surface area contributed by atoms with E-state index >= 15 is 0 Å². The molecule has 2 aromatic rings. The molecule has 2 rings (SSSR count). The second-order valence-corrected chi connectivity index (χ2v) is 12.5. The van der Waals surface area contributed by atoms with Crippen LogP contribution in [0.2, 0.25) is 10.0 Å². The highest BCUT2D eigenvalue weighted by Gasteiger charge is 2.35. The predicted molar refractivity (Wildman–Crippen MR) is 145 cm³/mol. The Morgan fingerprint density at radius 1 is 1.03 bits per heavy atom. The van der Waals surface area contributed by atoms with Crippen LogP contribution in [0.4, 0.5) is 10.1 Å². The standard InChI is InChI=1S/C25H33Cl2FN4O4S/c1-7-22(24(34)29-25(2,3)4)31(15-19-20(26)9-8-10-21(19)27)23(33)16-32(37(35,36)30(5)6)18-13-11-17(28)12-14-18/h8-14,22H,7,15-16H2,1-6H3,(H,29,34)/t22-/m1/s1. The minimum atomic E-state index is -4.16. The van der Waals surface area contributed by atoms with E-state index in [1.54, 1.807) is 25.1 Å². The molecule has 2 aromatic carbocycles. The number of nitrogens with zero attached hydrogens (tertiary/aromatic N) is 3. The van der Waals surface area contributed by atoms with Gasteiger partial charge in [0.2, 0.25) is 11.8 Å². The second kappa shape index (κ2) is 12.4. The summed E-state index contributed by atoms with van der Waals surface area (Å²) >= 11 is 12.7. The van der Waals surface area contributed by atoms with E-state index in [9.17, 15) is 22.4 Å². The molecule has 0 bridgehead atoms. The van der Waals surface area contributed by atoms with E-state index in [2.05, 4.69) is 5.32 Å². The van der Waals surface area contributed by atoms with Crippen LogP contribution in [0.25, 0.3) is 0 Å². The van der Waals surface area contributed by atoms with Crippen LogP contribution >= 0.6 is 23.2 Å². The number of carbonyl (C=O) groups is 2. The van der Waals surface area contributed by atoms with Crippen molar-refractivity contribution < 1.29 is 22.4 Å². The number of hydrogen-bond donors (Lipinski definition) is 1. The number of rotatable bonds is 10. The zero-order chi connectivity index (χ0) is 28.1. The van der Waals surface area contributed by atoms with Crippen LogP contribution in [0.5, 0.6) is 0 Å². The smallest absolute Gasteiger partial charge is 0.304 e. The third kappa shape index (κ3) is 8.04. The summed E-state index contributed by atoms with van der Waals surface area (Å²) in [4.78, 5) is 28.3. The van der Waals surface area contributed by atoms with E-state index in [-0.39, 0.29) is 18.7 Å². The maximum absolute atomic E-state index is 13.8. The van der Waals surface area contributed by atoms with Gasteiger partial charge >= 0.3 is 10.2 Å². The van der Waals surface area contributed by atoms with Gasteiger partial charge in [-0.05, 0) is 63.6 Å². The van der Waals surface area contributed by atoms with Gasteiger partial charge in [-0.25, -0.2) is 8.70 Å². The fourth-order valence-electron chi connectivity index (χ4n) is 3.55. The summed E-state index contributed by atoms with van der Waals surface area (Å²) in [5, 5.41) is 3.48. The molecule has 12 heteroatoms. The monoisotopic (exact) mass is 574 g/mol. The number of nitrogens with one attached hydrogen (secondary N) is 1. The highest BCUT2D eigenvalue weighted by atomic mass is 35.5. The molecule has 1 N–H and O–H groups in total. The highest BCUT2D eigenvalue weighted by Crippen LogP contribution is 2.28. The SMILES string of the molecule is CC[C@H](C(=O)NC(C)(C)C)N(Cc1c(Cl)cccc1Cl)C(=O)CN(c1ccc(F)cc1)S(=O)(=O)N(C)C. The van der Waals surface area contributed by atoms with Gasteiger partial charge in [0.1, 0.15) is 18.4 Å². The maximum Gasteiger partial charge on any atom is 0.304 e. The van der Waals surface area contributed by atoms with E-state index in [1.807, 2.05) is 20.8 Å². The molecule has 0 aromatic heterocycles. The zero-order valence-corrected chi connectivity index (χ0v) is 24.1. The van der Waals surface area contributed by atoms with Gasteiger partial charge in [-0.3, -0.25) is 9.59 Å². The maximum atomic E-state index is 13.8. The van der Waals surface area contributed by atoms with Crippen molar-refractivity contribution in [2.24, 2.45) is 0 Å². The molecule has 0 radical (unpaired) electrons. The second-order valence-electron chi connectivity index (χ2n) is 9.66. The van der Waals surface area contributed by atoms with Gasteiger partial charge in [-0.15, -0.1) is 0 Å². The third-order valence-electron chi connectivity index (χ3n) is 5.41. The Morgan fingerprint density at radius 2 is 1.57 bits per heavy atom. The Morgan fingerprint density at radius 3 is 2.03 bits per heavy atom. The lowest BCUT2D eigenvalue weighted by Gasteiger charge is -2.35. The van der Waals surface area contributed by atoms with Crippen LogP contribution in [-0.2, 0) is 26.3 Å². The van der Waals surface area contributed by atoms with Crippen molar-refractivity contribution in [3.05, 3.63) is 63.9 Å². The van der Waals surface area contributed by atoms with E-state index in [1.165, 1.54) is 31.1 Å². The molecule has 0 saturated carbocycles. The fourth-order valence-corrected chi connectivity index (χ4v) is 5.12. The number of carbonyl (C=O) groups excluding carboxylic acids is 2. The average molecular weight is 576 g/mol. The van der Waals surface area contributed by atoms with Crippen molar-refractivity contribution in [1.82, 2.24) is 14.5 Å². The first-order valence-electron chi connectivity index (χ1n) is 11.6. The summed E-state index contributed by atoms with van der Waals surface area (Å²) in [6, 6.07) is 8.67. The van der Waals surface area contributed by atoms with Crippen molar-refractivity contribution in [2.75, 3.05) is 24.9 Å². The minimum Gasteiger partial charge on any atom is -0.350 e. The molecular weight excluding hydrogens is 542 g/mol. The molecular formula is C25H33Cl2FN4O4S. The molecule has 0 spiro atoms. The van der Waals surface area contributed by atoms with Gasteiger partial charge in [0.25, 0.3) is 0 Å². The molecule has 0 saturated heterocycles. The molecule has 0 aliphatic carbocycles. The van der Waals surface area contributed by atoms with Crippen molar-refractivity contribution >= 4 is 50.9 Å². The Labute approximate surface area is 228 Å². The molecule has 2 amide bonds. The van der Waals surface area contributed by atoms with Crippen LogP contribution < -0.4 is 9.62 Å².